The van der Waals surface area contributed by atoms with Gasteiger partial charge in [0.25, 0.3) is 0 Å². The largest absolute Gasteiger partial charge is 0.361 e. The fourth-order valence-electron chi connectivity index (χ4n) is 3.56. The first kappa shape index (κ1) is 18.8. The Hall–Kier alpha value is -2.02. The molecule has 0 aliphatic heterocycles. The number of hydrazine groups is 1. The third kappa shape index (κ3) is 4.78. The van der Waals surface area contributed by atoms with Crippen LogP contribution in [0.2, 0.25) is 0 Å². The van der Waals surface area contributed by atoms with Crippen molar-refractivity contribution in [1.29, 1.82) is 0 Å². The number of aryl methyl sites for hydroxylation is 1. The van der Waals surface area contributed by atoms with Gasteiger partial charge in [-0.3, -0.25) is 19.8 Å². The van der Waals surface area contributed by atoms with E-state index in [4.69, 9.17) is 4.52 Å². The van der Waals surface area contributed by atoms with Gasteiger partial charge in [0.1, 0.15) is 17.2 Å². The summed E-state index contributed by atoms with van der Waals surface area (Å²) in [5, 5.41) is 3.75. The lowest BCUT2D eigenvalue weighted by Crippen LogP contribution is -2.44. The van der Waals surface area contributed by atoms with Gasteiger partial charge >= 0.3 is 0 Å². The average Bonchev–Trinajstić information content (AvgIpc) is 2.95. The van der Waals surface area contributed by atoms with E-state index in [-0.39, 0.29) is 40.9 Å². The van der Waals surface area contributed by atoms with E-state index in [0.29, 0.717) is 25.1 Å². The van der Waals surface area contributed by atoms with Gasteiger partial charge in [-0.05, 0) is 44.4 Å². The molecule has 0 bridgehead atoms. The van der Waals surface area contributed by atoms with Crippen LogP contribution in [0.1, 0.15) is 68.1 Å². The van der Waals surface area contributed by atoms with Crippen LogP contribution in [0.3, 0.4) is 0 Å². The molecular formula is C19H27N3O4. The quantitative estimate of drug-likeness (QED) is 0.517. The first-order valence-electron chi connectivity index (χ1n) is 9.38. The van der Waals surface area contributed by atoms with Crippen molar-refractivity contribution >= 4 is 17.5 Å². The topological polar surface area (TPSA) is 101 Å². The monoisotopic (exact) mass is 361 g/mol. The summed E-state index contributed by atoms with van der Waals surface area (Å²) in [6, 6.07) is 1.60. The van der Waals surface area contributed by atoms with Gasteiger partial charge in [0.05, 0.1) is 0 Å². The van der Waals surface area contributed by atoms with Crippen molar-refractivity contribution < 1.29 is 18.9 Å². The predicted octanol–water partition coefficient (Wildman–Crippen LogP) is 2.35. The van der Waals surface area contributed by atoms with Gasteiger partial charge in [0.2, 0.25) is 5.91 Å². The maximum absolute atomic E-state index is 12.6. The molecule has 1 aromatic heterocycles. The number of amides is 1. The van der Waals surface area contributed by atoms with Gasteiger partial charge in [-0.2, -0.15) is 0 Å². The molecule has 0 saturated heterocycles. The lowest BCUT2D eigenvalue weighted by atomic mass is 9.88. The lowest BCUT2D eigenvalue weighted by Gasteiger charge is -2.20. The molecule has 0 aromatic carbocycles. The minimum absolute atomic E-state index is 0.0190. The van der Waals surface area contributed by atoms with Crippen molar-refractivity contribution in [1.82, 2.24) is 16.0 Å². The first-order chi connectivity index (χ1) is 12.4. The van der Waals surface area contributed by atoms with E-state index in [2.05, 4.69) is 22.9 Å². The molecule has 142 valence electrons. The molecule has 1 heterocycles. The summed E-state index contributed by atoms with van der Waals surface area (Å²) in [6.07, 6.45) is 5.37. The van der Waals surface area contributed by atoms with Crippen molar-refractivity contribution in [2.24, 2.45) is 17.3 Å². The minimum atomic E-state index is -0.418. The van der Waals surface area contributed by atoms with Gasteiger partial charge in [-0.1, -0.05) is 12.1 Å². The second kappa shape index (κ2) is 7.70. The number of hydrogen-bond donors (Lipinski definition) is 2. The second-order valence-electron chi connectivity index (χ2n) is 8.09. The molecule has 2 aliphatic carbocycles. The van der Waals surface area contributed by atoms with Crippen molar-refractivity contribution in [2.45, 2.75) is 58.8 Å². The Labute approximate surface area is 153 Å². The molecule has 7 nitrogen and oxygen atoms in total. The highest BCUT2D eigenvalue weighted by molar-refractivity contribution is 5.97. The van der Waals surface area contributed by atoms with Crippen molar-refractivity contribution in [3.8, 4) is 0 Å². The smallest absolute Gasteiger partial charge is 0.237 e. The van der Waals surface area contributed by atoms with E-state index in [0.717, 1.165) is 25.7 Å². The van der Waals surface area contributed by atoms with Gasteiger partial charge in [-0.25, -0.2) is 5.43 Å². The van der Waals surface area contributed by atoms with Crippen LogP contribution < -0.4 is 10.9 Å². The maximum atomic E-state index is 12.6. The minimum Gasteiger partial charge on any atom is -0.361 e. The molecule has 0 unspecified atom stereocenters. The fraction of sp³-hybridized carbons (Fsp3) is 0.684. The molecule has 1 aromatic rings. The number of nitrogens with zero attached hydrogens (tertiary/aromatic N) is 1. The summed E-state index contributed by atoms with van der Waals surface area (Å²) in [5.74, 6) is 0.0133. The normalized spacial score (nSPS) is 22.2. The van der Waals surface area contributed by atoms with Crippen LogP contribution in [-0.2, 0) is 9.59 Å². The zero-order valence-corrected chi connectivity index (χ0v) is 15.5. The number of nitrogens with one attached hydrogen (secondary N) is 2. The van der Waals surface area contributed by atoms with Crippen LogP contribution in [0.5, 0.6) is 0 Å². The molecule has 7 heteroatoms. The second-order valence-corrected chi connectivity index (χ2v) is 8.09. The molecule has 2 aliphatic rings. The standard InChI is InChI=1S/C19H27N3O4/c1-12-8-15(22-26-12)17(24)9-14(10-19(2)6-7-19)18(25)21-20-11-13-4-3-5-16(13)23/h8,13-14,20H,3-7,9-11H2,1-2H3,(H,21,25)/t13-,14-/m0/s1. The molecule has 2 N–H and O–H groups in total. The van der Waals surface area contributed by atoms with Crippen LogP contribution in [0.15, 0.2) is 10.6 Å². The molecule has 2 fully saturated rings. The summed E-state index contributed by atoms with van der Waals surface area (Å²) in [7, 11) is 0. The number of rotatable bonds is 9. The summed E-state index contributed by atoms with van der Waals surface area (Å²) in [5.41, 5.74) is 6.01. The highest BCUT2D eigenvalue weighted by Gasteiger charge is 2.41. The Bertz CT molecular complexity index is 693. The molecule has 2 atom stereocenters. The molecule has 2 saturated carbocycles. The zero-order chi connectivity index (χ0) is 18.7. The molecule has 26 heavy (non-hydrogen) atoms. The number of Topliss-reactive ketones (excluding diaryl/α,β-unsaturated/α-hetero) is 2. The van der Waals surface area contributed by atoms with Gasteiger partial charge in [0, 0.05) is 37.3 Å². The fourth-order valence-corrected chi connectivity index (χ4v) is 3.56. The average molecular weight is 361 g/mol. The predicted molar refractivity (Wildman–Crippen MR) is 94.1 cm³/mol. The molecule has 0 spiro atoms. The zero-order valence-electron chi connectivity index (χ0n) is 15.5. The van der Waals surface area contributed by atoms with Crippen LogP contribution >= 0.6 is 0 Å². The van der Waals surface area contributed by atoms with Crippen LogP contribution in [0.25, 0.3) is 0 Å². The first-order valence-corrected chi connectivity index (χ1v) is 9.38. The molecule has 0 radical (unpaired) electrons. The van der Waals surface area contributed by atoms with Crippen LogP contribution in [0.4, 0.5) is 0 Å². The highest BCUT2D eigenvalue weighted by Crippen LogP contribution is 2.50. The molecule has 1 amide bonds. The number of carbonyl (C=O) groups excluding carboxylic acids is 3. The Kier molecular flexibility index (Phi) is 5.55. The van der Waals surface area contributed by atoms with E-state index >= 15 is 0 Å². The number of hydrogen-bond acceptors (Lipinski definition) is 6. The number of aromatic nitrogens is 1. The summed E-state index contributed by atoms with van der Waals surface area (Å²) in [4.78, 5) is 36.7. The van der Waals surface area contributed by atoms with Crippen molar-refractivity contribution in [3.05, 3.63) is 17.5 Å². The molecular weight excluding hydrogens is 334 g/mol. The molecule has 3 rings (SSSR count). The van der Waals surface area contributed by atoms with Crippen LogP contribution in [-0.4, -0.2) is 29.2 Å². The highest BCUT2D eigenvalue weighted by atomic mass is 16.5. The Balaban J connectivity index is 1.55. The van der Waals surface area contributed by atoms with E-state index in [1.165, 1.54) is 0 Å². The Morgan fingerprint density at radius 1 is 1.42 bits per heavy atom. The third-order valence-electron chi connectivity index (χ3n) is 5.55. The maximum Gasteiger partial charge on any atom is 0.237 e. The van der Waals surface area contributed by atoms with E-state index in [1.54, 1.807) is 13.0 Å². The van der Waals surface area contributed by atoms with E-state index < -0.39 is 5.92 Å². The summed E-state index contributed by atoms with van der Waals surface area (Å²) < 4.78 is 4.96. The third-order valence-corrected chi connectivity index (χ3v) is 5.55. The van der Waals surface area contributed by atoms with E-state index in [1.807, 2.05) is 0 Å². The summed E-state index contributed by atoms with van der Waals surface area (Å²) in [6.45, 7) is 4.32. The lowest BCUT2D eigenvalue weighted by molar-refractivity contribution is -0.127. The Morgan fingerprint density at radius 2 is 2.19 bits per heavy atom. The van der Waals surface area contributed by atoms with Gasteiger partial charge in [0.15, 0.2) is 5.78 Å². The van der Waals surface area contributed by atoms with Crippen molar-refractivity contribution in [2.75, 3.05) is 6.54 Å². The van der Waals surface area contributed by atoms with Crippen LogP contribution in [0, 0.1) is 24.2 Å². The van der Waals surface area contributed by atoms with Gasteiger partial charge < -0.3 is 4.52 Å². The Morgan fingerprint density at radius 3 is 2.77 bits per heavy atom. The van der Waals surface area contributed by atoms with E-state index in [9.17, 15) is 14.4 Å². The van der Waals surface area contributed by atoms with Crippen molar-refractivity contribution in [3.63, 3.8) is 0 Å². The SMILES string of the molecule is Cc1cc(C(=O)C[C@@H](CC2(C)CC2)C(=O)NNC[C@@H]2CCCC2=O)no1. The van der Waals surface area contributed by atoms with Gasteiger partial charge in [-0.15, -0.1) is 0 Å². The number of ketones is 2. The number of carbonyl (C=O) groups is 3. The summed E-state index contributed by atoms with van der Waals surface area (Å²) >= 11 is 0.